The van der Waals surface area contributed by atoms with Crippen molar-refractivity contribution in [1.82, 2.24) is 9.97 Å². The van der Waals surface area contributed by atoms with Crippen molar-refractivity contribution >= 4 is 12.2 Å². The van der Waals surface area contributed by atoms with Crippen LogP contribution in [0.1, 0.15) is 25.4 Å². The van der Waals surface area contributed by atoms with Crippen LogP contribution in [-0.4, -0.2) is 23.7 Å². The quantitative estimate of drug-likeness (QED) is 0.784. The van der Waals surface area contributed by atoms with E-state index in [0.29, 0.717) is 17.2 Å². The van der Waals surface area contributed by atoms with Gasteiger partial charge in [-0.3, -0.25) is 0 Å². The van der Waals surface area contributed by atoms with Gasteiger partial charge in [0.25, 0.3) is 0 Å². The van der Waals surface area contributed by atoms with Crippen molar-refractivity contribution in [1.29, 1.82) is 0 Å². The normalized spacial score (nSPS) is 10.9. The largest absolute Gasteiger partial charge is 0.384 e. The van der Waals surface area contributed by atoms with Crippen LogP contribution in [0.15, 0.2) is 6.07 Å². The molecular formula is C11H18N2OS. The Bertz CT molecular complexity index is 360. The summed E-state index contributed by atoms with van der Waals surface area (Å²) in [5.74, 6) is 1.54. The van der Waals surface area contributed by atoms with Crippen LogP contribution in [0.5, 0.6) is 0 Å². The zero-order chi connectivity index (χ0) is 11.3. The third kappa shape index (κ3) is 4.53. The first-order valence-corrected chi connectivity index (χ1v) is 5.60. The summed E-state index contributed by atoms with van der Waals surface area (Å²) in [6.07, 6.45) is 1.79. The van der Waals surface area contributed by atoms with E-state index in [-0.39, 0.29) is 0 Å². The van der Waals surface area contributed by atoms with Gasteiger partial charge in [-0.25, -0.2) is 4.98 Å². The van der Waals surface area contributed by atoms with Gasteiger partial charge in [0.15, 0.2) is 0 Å². The molecule has 0 spiro atoms. The van der Waals surface area contributed by atoms with Crippen LogP contribution in [0.3, 0.4) is 0 Å². The molecule has 1 rings (SSSR count). The summed E-state index contributed by atoms with van der Waals surface area (Å²) in [6.45, 7) is 5.04. The number of aromatic nitrogens is 2. The fourth-order valence-electron chi connectivity index (χ4n) is 1.43. The Morgan fingerprint density at radius 2 is 2.27 bits per heavy atom. The Kier molecular flexibility index (Phi) is 4.91. The molecule has 1 aromatic rings. The molecule has 15 heavy (non-hydrogen) atoms. The van der Waals surface area contributed by atoms with Crippen LogP contribution in [-0.2, 0) is 17.6 Å². The van der Waals surface area contributed by atoms with Crippen molar-refractivity contribution in [2.75, 3.05) is 13.7 Å². The molecule has 0 saturated carbocycles. The van der Waals surface area contributed by atoms with Crippen LogP contribution in [0.4, 0.5) is 0 Å². The van der Waals surface area contributed by atoms with Gasteiger partial charge in [0.2, 0.25) is 0 Å². The minimum absolute atomic E-state index is 0.619. The van der Waals surface area contributed by atoms with Crippen molar-refractivity contribution in [3.8, 4) is 0 Å². The van der Waals surface area contributed by atoms with Gasteiger partial charge < -0.3 is 9.72 Å². The minimum Gasteiger partial charge on any atom is -0.384 e. The van der Waals surface area contributed by atoms with E-state index in [1.54, 1.807) is 7.11 Å². The highest BCUT2D eigenvalue weighted by Crippen LogP contribution is 2.06. The first-order valence-electron chi connectivity index (χ1n) is 5.20. The average Bonchev–Trinajstić information content (AvgIpc) is 2.12. The van der Waals surface area contributed by atoms with Crippen LogP contribution >= 0.6 is 12.2 Å². The number of aromatic amines is 1. The molecule has 0 fully saturated rings. The molecule has 84 valence electrons. The van der Waals surface area contributed by atoms with Gasteiger partial charge in [-0.05, 0) is 18.4 Å². The highest BCUT2D eigenvalue weighted by molar-refractivity contribution is 7.71. The van der Waals surface area contributed by atoms with E-state index in [0.717, 1.165) is 24.4 Å². The highest BCUT2D eigenvalue weighted by Gasteiger charge is 2.01. The monoisotopic (exact) mass is 226 g/mol. The molecule has 4 heteroatoms. The van der Waals surface area contributed by atoms with E-state index in [1.165, 1.54) is 0 Å². The number of methoxy groups -OCH3 is 1. The topological polar surface area (TPSA) is 37.9 Å². The molecule has 0 amide bonds. The van der Waals surface area contributed by atoms with Gasteiger partial charge in [0.1, 0.15) is 10.5 Å². The molecule has 0 aliphatic heterocycles. The Labute approximate surface area is 95.9 Å². The molecule has 1 aromatic heterocycles. The molecule has 0 atom stereocenters. The molecule has 0 radical (unpaired) electrons. The van der Waals surface area contributed by atoms with Crippen molar-refractivity contribution in [3.05, 3.63) is 22.2 Å². The second-order valence-corrected chi connectivity index (χ2v) is 4.45. The standard InChI is InChI=1S/C11H18N2OS/c1-8(2)6-9-7-11(15)13-10(12-9)4-5-14-3/h7-8H,4-6H2,1-3H3,(H,12,13,15). The predicted molar refractivity (Wildman–Crippen MR) is 63.5 cm³/mol. The number of hydrogen-bond donors (Lipinski definition) is 1. The summed E-state index contributed by atoms with van der Waals surface area (Å²) < 4.78 is 5.68. The van der Waals surface area contributed by atoms with E-state index in [1.807, 2.05) is 6.07 Å². The minimum atomic E-state index is 0.619. The fourth-order valence-corrected chi connectivity index (χ4v) is 1.68. The van der Waals surface area contributed by atoms with Gasteiger partial charge in [0.05, 0.1) is 6.61 Å². The van der Waals surface area contributed by atoms with E-state index in [2.05, 4.69) is 23.8 Å². The molecule has 0 aliphatic rings. The van der Waals surface area contributed by atoms with E-state index >= 15 is 0 Å². The van der Waals surface area contributed by atoms with Crippen molar-refractivity contribution < 1.29 is 4.74 Å². The molecule has 1 N–H and O–H groups in total. The number of rotatable bonds is 5. The Balaban J connectivity index is 2.80. The van der Waals surface area contributed by atoms with Gasteiger partial charge in [-0.2, -0.15) is 0 Å². The molecule has 1 heterocycles. The second kappa shape index (κ2) is 5.98. The zero-order valence-electron chi connectivity index (χ0n) is 9.54. The summed E-state index contributed by atoms with van der Waals surface area (Å²) in [5.41, 5.74) is 1.16. The molecular weight excluding hydrogens is 208 g/mol. The lowest BCUT2D eigenvalue weighted by Crippen LogP contribution is -2.05. The van der Waals surface area contributed by atoms with Gasteiger partial charge in [0, 0.05) is 19.2 Å². The second-order valence-electron chi connectivity index (χ2n) is 4.03. The first-order chi connectivity index (χ1) is 7.11. The van der Waals surface area contributed by atoms with Crippen molar-refractivity contribution in [3.63, 3.8) is 0 Å². The molecule has 0 saturated heterocycles. The highest BCUT2D eigenvalue weighted by atomic mass is 32.1. The number of nitrogens with zero attached hydrogens (tertiary/aromatic N) is 1. The van der Waals surface area contributed by atoms with Crippen LogP contribution < -0.4 is 0 Å². The Hall–Kier alpha value is -0.740. The van der Waals surface area contributed by atoms with E-state index in [4.69, 9.17) is 17.0 Å². The Morgan fingerprint density at radius 1 is 1.53 bits per heavy atom. The maximum absolute atomic E-state index is 5.12. The summed E-state index contributed by atoms with van der Waals surface area (Å²) in [7, 11) is 1.69. The van der Waals surface area contributed by atoms with E-state index < -0.39 is 0 Å². The van der Waals surface area contributed by atoms with Crippen molar-refractivity contribution in [2.45, 2.75) is 26.7 Å². The fraction of sp³-hybridized carbons (Fsp3) is 0.636. The maximum Gasteiger partial charge on any atom is 0.129 e. The first kappa shape index (κ1) is 12.3. The number of H-pyrrole nitrogens is 1. The SMILES string of the molecule is COCCc1nc(=S)cc(CC(C)C)[nH]1. The Morgan fingerprint density at radius 3 is 2.87 bits per heavy atom. The summed E-state index contributed by atoms with van der Waals surface area (Å²) >= 11 is 5.12. The zero-order valence-corrected chi connectivity index (χ0v) is 10.4. The maximum atomic E-state index is 5.12. The van der Waals surface area contributed by atoms with Gasteiger partial charge >= 0.3 is 0 Å². The molecule has 0 aliphatic carbocycles. The summed E-state index contributed by atoms with van der Waals surface area (Å²) in [4.78, 5) is 7.55. The third-order valence-corrected chi connectivity index (χ3v) is 2.23. The van der Waals surface area contributed by atoms with Gasteiger partial charge in [-0.15, -0.1) is 0 Å². The molecule has 0 aromatic carbocycles. The number of hydrogen-bond acceptors (Lipinski definition) is 3. The summed E-state index contributed by atoms with van der Waals surface area (Å²) in [6, 6.07) is 1.94. The average molecular weight is 226 g/mol. The number of nitrogens with one attached hydrogen (secondary N) is 1. The van der Waals surface area contributed by atoms with Crippen LogP contribution in [0.2, 0.25) is 0 Å². The van der Waals surface area contributed by atoms with Crippen LogP contribution in [0.25, 0.3) is 0 Å². The van der Waals surface area contributed by atoms with Gasteiger partial charge in [-0.1, -0.05) is 26.1 Å². The lowest BCUT2D eigenvalue weighted by molar-refractivity contribution is 0.200. The predicted octanol–water partition coefficient (Wildman–Crippen LogP) is 2.53. The van der Waals surface area contributed by atoms with Crippen LogP contribution in [0, 0.1) is 10.6 Å². The summed E-state index contributed by atoms with van der Waals surface area (Å²) in [5, 5.41) is 0. The third-order valence-electron chi connectivity index (χ3n) is 2.02. The van der Waals surface area contributed by atoms with E-state index in [9.17, 15) is 0 Å². The molecule has 0 bridgehead atoms. The lowest BCUT2D eigenvalue weighted by Gasteiger charge is -2.07. The van der Waals surface area contributed by atoms with Crippen molar-refractivity contribution in [2.24, 2.45) is 5.92 Å². The molecule has 0 unspecified atom stereocenters. The lowest BCUT2D eigenvalue weighted by atomic mass is 10.1. The smallest absolute Gasteiger partial charge is 0.129 e. The molecule has 3 nitrogen and oxygen atoms in total. The number of ether oxygens (including phenoxy) is 1.